The van der Waals surface area contributed by atoms with Crippen molar-refractivity contribution in [2.45, 2.75) is 50.5 Å². The van der Waals surface area contributed by atoms with Crippen molar-refractivity contribution < 1.29 is 27.1 Å². The predicted molar refractivity (Wildman–Crippen MR) is 160 cm³/mol. The zero-order chi connectivity index (χ0) is 33.1. The highest BCUT2D eigenvalue weighted by atomic mass is 19.4. The molecule has 248 valence electrons. The van der Waals surface area contributed by atoms with Gasteiger partial charge in [-0.1, -0.05) is 0 Å². The van der Waals surface area contributed by atoms with Crippen LogP contribution in [0.2, 0.25) is 0 Å². The third kappa shape index (κ3) is 6.97. The third-order valence-electron chi connectivity index (χ3n) is 8.80. The number of carbonyl (C=O) groups excluding carboxylic acids is 1. The Balaban J connectivity index is 1.29. The molecule has 0 aliphatic carbocycles. The molecule has 3 aromatic heterocycles. The second-order valence-electron chi connectivity index (χ2n) is 11.7. The smallest absolute Gasteiger partial charge is 0.421 e. The van der Waals surface area contributed by atoms with Crippen LogP contribution >= 0.6 is 0 Å². The van der Waals surface area contributed by atoms with Gasteiger partial charge in [-0.3, -0.25) is 9.78 Å². The number of fused-ring (bicyclic) bond motifs is 1. The van der Waals surface area contributed by atoms with Crippen LogP contribution in [0.3, 0.4) is 0 Å². The van der Waals surface area contributed by atoms with Gasteiger partial charge in [0.05, 0.1) is 48.9 Å². The normalized spacial score (nSPS) is 20.5. The average molecular weight is 656 g/mol. The summed E-state index contributed by atoms with van der Waals surface area (Å²) in [5.41, 5.74) is -0.548. The Bertz CT molecular complexity index is 1660. The largest absolute Gasteiger partial charge is 0.462 e. The van der Waals surface area contributed by atoms with Crippen LogP contribution in [0, 0.1) is 17.1 Å². The van der Waals surface area contributed by atoms with Gasteiger partial charge >= 0.3 is 12.2 Å². The number of alkyl halides is 3. The van der Waals surface area contributed by atoms with Crippen LogP contribution < -0.4 is 14.5 Å². The second kappa shape index (κ2) is 13.5. The summed E-state index contributed by atoms with van der Waals surface area (Å²) >= 11 is 0. The quantitative estimate of drug-likeness (QED) is 0.262. The second-order valence-corrected chi connectivity index (χ2v) is 11.7. The summed E-state index contributed by atoms with van der Waals surface area (Å²) in [5, 5.41) is 13.6. The van der Waals surface area contributed by atoms with Gasteiger partial charge in [0.15, 0.2) is 5.82 Å². The number of nitrogens with zero attached hydrogens (tertiary/aromatic N) is 11. The molecule has 13 nitrogen and oxygen atoms in total. The Kier molecular flexibility index (Phi) is 9.21. The maximum Gasteiger partial charge on any atom is 0.421 e. The molecule has 0 N–H and O–H groups in total. The molecule has 0 spiro atoms. The summed E-state index contributed by atoms with van der Waals surface area (Å²) in [5.74, 6) is -1.18. The molecule has 3 aliphatic heterocycles. The minimum Gasteiger partial charge on any atom is -0.462 e. The van der Waals surface area contributed by atoms with Gasteiger partial charge in [-0.2, -0.15) is 33.5 Å². The number of likely N-dealkylation sites (N-methyl/N-ethyl adjacent to an activating group) is 1. The van der Waals surface area contributed by atoms with E-state index in [1.54, 1.807) is 4.90 Å². The zero-order valence-corrected chi connectivity index (χ0v) is 25.6. The monoisotopic (exact) mass is 655 g/mol. The lowest BCUT2D eigenvalue weighted by Gasteiger charge is -2.42. The Morgan fingerprint density at radius 1 is 1.13 bits per heavy atom. The first-order valence-corrected chi connectivity index (χ1v) is 15.3. The van der Waals surface area contributed by atoms with Crippen molar-refractivity contribution in [2.24, 2.45) is 0 Å². The number of halogens is 4. The van der Waals surface area contributed by atoms with Crippen LogP contribution in [0.15, 0.2) is 31.1 Å². The number of pyridine rings is 1. The van der Waals surface area contributed by atoms with Crippen molar-refractivity contribution in [3.8, 4) is 12.1 Å². The zero-order valence-electron chi connectivity index (χ0n) is 25.6. The molecule has 0 aromatic carbocycles. The van der Waals surface area contributed by atoms with E-state index in [4.69, 9.17) is 9.72 Å². The van der Waals surface area contributed by atoms with Crippen LogP contribution in [-0.4, -0.2) is 104 Å². The molecule has 2 saturated heterocycles. The lowest BCUT2D eigenvalue weighted by atomic mass is 10.0. The van der Waals surface area contributed by atoms with Crippen molar-refractivity contribution in [1.82, 2.24) is 39.5 Å². The number of piperazine rings is 1. The first kappa shape index (κ1) is 32.1. The molecule has 0 radical (unpaired) electrons. The summed E-state index contributed by atoms with van der Waals surface area (Å²) in [4.78, 5) is 37.3. The number of hydrogen-bond acceptors (Lipinski definition) is 11. The minimum absolute atomic E-state index is 0.0497. The van der Waals surface area contributed by atoms with Crippen LogP contribution in [0.4, 0.5) is 29.1 Å². The summed E-state index contributed by atoms with van der Waals surface area (Å²) < 4.78 is 63.6. The van der Waals surface area contributed by atoms with Gasteiger partial charge in [-0.05, 0) is 32.9 Å². The fourth-order valence-electron chi connectivity index (χ4n) is 6.37. The maximum atomic E-state index is 14.4. The standard InChI is InChI=1S/C30H33F4N11O2/c1-41-8-2-3-21(41)17-47-29-39-24-16-42(25-14-36-13-23(31)27(25)30(32,33)34)9-5-22(24)28(40-29)43-11-12-45(20(15-43)4-7-35)26(46)6-10-44-19-37-18-38-44/h6,10,13-14,18-21H,2-5,8-9,11-12,15-17H2,1H3/b10-6+/t20-,21-/m0/s1. The molecule has 2 atom stereocenters. The SMILES string of the molecule is CN1CCC[C@H]1COc1nc2c(c(N3CCN(C(=O)/C=C/n4cncn4)[C@@H](CC#N)C3)n1)CCN(c1cncc(F)c1C(F)(F)F)C2. The number of rotatable bonds is 8. The lowest BCUT2D eigenvalue weighted by Crippen LogP contribution is -2.55. The van der Waals surface area contributed by atoms with Gasteiger partial charge in [0.2, 0.25) is 5.91 Å². The van der Waals surface area contributed by atoms with Gasteiger partial charge in [0, 0.05) is 50.1 Å². The van der Waals surface area contributed by atoms with Gasteiger partial charge in [0.1, 0.15) is 30.6 Å². The molecule has 47 heavy (non-hydrogen) atoms. The molecule has 1 amide bonds. The topological polar surface area (TPSA) is 132 Å². The highest BCUT2D eigenvalue weighted by Crippen LogP contribution is 2.40. The van der Waals surface area contributed by atoms with Crippen molar-refractivity contribution in [1.29, 1.82) is 5.26 Å². The molecule has 6 heterocycles. The Morgan fingerprint density at radius 2 is 1.98 bits per heavy atom. The lowest BCUT2D eigenvalue weighted by molar-refractivity contribution is -0.139. The first-order valence-electron chi connectivity index (χ1n) is 15.3. The molecule has 0 unspecified atom stereocenters. The highest BCUT2D eigenvalue weighted by Gasteiger charge is 2.40. The van der Waals surface area contributed by atoms with Crippen molar-refractivity contribution in [2.75, 3.05) is 56.2 Å². The Labute approximate surface area is 268 Å². The molecular weight excluding hydrogens is 622 g/mol. The first-order chi connectivity index (χ1) is 22.6. The Morgan fingerprint density at radius 3 is 2.70 bits per heavy atom. The van der Waals surface area contributed by atoms with E-state index in [9.17, 15) is 27.6 Å². The van der Waals surface area contributed by atoms with Crippen LogP contribution in [0.5, 0.6) is 6.01 Å². The van der Waals surface area contributed by atoms with E-state index in [0.29, 0.717) is 43.9 Å². The molecule has 2 fully saturated rings. The molecular formula is C30H33F4N11O2. The van der Waals surface area contributed by atoms with Gasteiger partial charge in [0.25, 0.3) is 0 Å². The number of amides is 1. The Hall–Kier alpha value is -4.85. The molecule has 3 aliphatic rings. The number of aromatic nitrogens is 6. The summed E-state index contributed by atoms with van der Waals surface area (Å²) in [6.07, 6.45) is 4.65. The van der Waals surface area contributed by atoms with E-state index in [1.807, 2.05) is 11.9 Å². The number of hydrogen-bond donors (Lipinski definition) is 0. The minimum atomic E-state index is -4.92. The van der Waals surface area contributed by atoms with E-state index in [-0.39, 0.29) is 49.6 Å². The number of carbonyl (C=O) groups is 1. The van der Waals surface area contributed by atoms with Crippen molar-refractivity contribution >= 4 is 23.6 Å². The van der Waals surface area contributed by atoms with Gasteiger partial charge in [-0.25, -0.2) is 14.1 Å². The van der Waals surface area contributed by atoms with E-state index in [2.05, 4.69) is 31.0 Å². The van der Waals surface area contributed by atoms with Crippen LogP contribution in [0.1, 0.15) is 36.1 Å². The van der Waals surface area contributed by atoms with Crippen molar-refractivity contribution in [3.63, 3.8) is 0 Å². The summed E-state index contributed by atoms with van der Waals surface area (Å²) in [6.45, 7) is 2.34. The molecule has 0 bridgehead atoms. The molecule has 6 rings (SSSR count). The number of ether oxygens (including phenoxy) is 1. The van der Waals surface area contributed by atoms with E-state index in [1.165, 1.54) is 34.5 Å². The maximum absolute atomic E-state index is 14.4. The van der Waals surface area contributed by atoms with Crippen molar-refractivity contribution in [3.05, 3.63) is 53.8 Å². The number of nitriles is 1. The summed E-state index contributed by atoms with van der Waals surface area (Å²) in [7, 11) is 2.01. The van der Waals surface area contributed by atoms with E-state index in [0.717, 1.165) is 31.1 Å². The van der Waals surface area contributed by atoms with Crippen LogP contribution in [-0.2, 0) is 23.9 Å². The summed E-state index contributed by atoms with van der Waals surface area (Å²) in [6, 6.07) is 1.96. The molecule has 17 heteroatoms. The molecule has 3 aromatic rings. The average Bonchev–Trinajstić information content (AvgIpc) is 3.73. The predicted octanol–water partition coefficient (Wildman–Crippen LogP) is 2.76. The fraction of sp³-hybridized carbons (Fsp3) is 0.500. The van der Waals surface area contributed by atoms with Crippen LogP contribution in [0.25, 0.3) is 6.20 Å². The fourth-order valence-corrected chi connectivity index (χ4v) is 6.37. The third-order valence-corrected chi connectivity index (χ3v) is 8.80. The molecule has 0 saturated carbocycles. The van der Waals surface area contributed by atoms with Gasteiger partial charge in [-0.15, -0.1) is 0 Å². The number of likely N-dealkylation sites (tertiary alicyclic amines) is 1. The van der Waals surface area contributed by atoms with E-state index >= 15 is 0 Å². The van der Waals surface area contributed by atoms with E-state index < -0.39 is 23.6 Å². The number of anilines is 2. The van der Waals surface area contributed by atoms with Gasteiger partial charge < -0.3 is 24.3 Å². The highest BCUT2D eigenvalue weighted by molar-refractivity contribution is 5.90.